The highest BCUT2D eigenvalue weighted by molar-refractivity contribution is 5.97. The van der Waals surface area contributed by atoms with Gasteiger partial charge >= 0.3 is 12.1 Å². The molecule has 11 heteroatoms. The highest BCUT2D eigenvalue weighted by Gasteiger charge is 2.36. The van der Waals surface area contributed by atoms with Gasteiger partial charge in [-0.2, -0.15) is 13.2 Å². The van der Waals surface area contributed by atoms with Crippen LogP contribution in [-0.4, -0.2) is 22.5 Å². The second kappa shape index (κ2) is 9.47. The number of halogens is 5. The average Bonchev–Trinajstić information content (AvgIpc) is 2.77. The van der Waals surface area contributed by atoms with Crippen molar-refractivity contribution < 1.29 is 36.2 Å². The molecule has 0 aliphatic heterocycles. The normalized spacial score (nSPS) is 11.5. The first-order valence-electron chi connectivity index (χ1n) is 10.4. The summed E-state index contributed by atoms with van der Waals surface area (Å²) in [4.78, 5) is 32.1. The number of benzene rings is 1. The summed E-state index contributed by atoms with van der Waals surface area (Å²) in [5, 5.41) is 0. The fraction of sp³-hybridized carbons (Fsp3) is 0.292. The third kappa shape index (κ3) is 4.89. The molecule has 3 aromatic rings. The molecule has 0 bridgehead atoms. The van der Waals surface area contributed by atoms with E-state index in [2.05, 4.69) is 9.97 Å². The maximum atomic E-state index is 14.1. The van der Waals surface area contributed by atoms with Crippen LogP contribution in [0.5, 0.6) is 11.6 Å². The lowest BCUT2D eigenvalue weighted by Crippen LogP contribution is -2.23. The lowest BCUT2D eigenvalue weighted by molar-refractivity contribution is -0.141. The molecule has 0 aliphatic rings. The number of ether oxygens (including phenoxy) is 2. The molecule has 6 nitrogen and oxygen atoms in total. The standard InChI is InChI=1S/C24H21F5N2O4/c1-6-34-23(33)17-19(30-13(5)11(3)20(17)32)14-9-10(2)21(24(27,28)29)31-22(14)35-16-8-7-15(25)18(26)12(16)4/h7-9H,6H2,1-5H3,(H,30,32). The Bertz CT molecular complexity index is 1380. The van der Waals surface area contributed by atoms with Crippen molar-refractivity contribution in [3.63, 3.8) is 0 Å². The third-order valence-corrected chi connectivity index (χ3v) is 5.38. The zero-order valence-corrected chi connectivity index (χ0v) is 19.4. The van der Waals surface area contributed by atoms with Crippen LogP contribution in [0, 0.1) is 39.3 Å². The Morgan fingerprint density at radius 2 is 1.74 bits per heavy atom. The fourth-order valence-electron chi connectivity index (χ4n) is 3.40. The monoisotopic (exact) mass is 496 g/mol. The van der Waals surface area contributed by atoms with Crippen LogP contribution in [0.3, 0.4) is 0 Å². The number of alkyl halides is 3. The van der Waals surface area contributed by atoms with Gasteiger partial charge < -0.3 is 14.5 Å². The van der Waals surface area contributed by atoms with Crippen LogP contribution in [0.1, 0.15) is 45.4 Å². The molecule has 0 radical (unpaired) electrons. The Hall–Kier alpha value is -3.76. The van der Waals surface area contributed by atoms with Crippen LogP contribution in [0.4, 0.5) is 22.0 Å². The summed E-state index contributed by atoms with van der Waals surface area (Å²) >= 11 is 0. The average molecular weight is 496 g/mol. The van der Waals surface area contributed by atoms with E-state index in [1.54, 1.807) is 6.92 Å². The summed E-state index contributed by atoms with van der Waals surface area (Å²) in [5.41, 5.74) is -2.90. The second-order valence-corrected chi connectivity index (χ2v) is 7.77. The van der Waals surface area contributed by atoms with E-state index in [-0.39, 0.29) is 40.3 Å². The Balaban J connectivity index is 2.38. The fourth-order valence-corrected chi connectivity index (χ4v) is 3.40. The molecule has 2 aromatic heterocycles. The van der Waals surface area contributed by atoms with Crippen molar-refractivity contribution >= 4 is 5.97 Å². The van der Waals surface area contributed by atoms with Crippen molar-refractivity contribution in [2.24, 2.45) is 0 Å². The van der Waals surface area contributed by atoms with Crippen LogP contribution in [-0.2, 0) is 10.9 Å². The molecule has 0 unspecified atom stereocenters. The molecule has 3 rings (SSSR count). The van der Waals surface area contributed by atoms with Crippen LogP contribution in [0.15, 0.2) is 23.0 Å². The molecule has 0 amide bonds. The first-order chi connectivity index (χ1) is 16.3. The number of aryl methyl sites for hydroxylation is 2. The highest BCUT2D eigenvalue weighted by atomic mass is 19.4. The molecule has 186 valence electrons. The topological polar surface area (TPSA) is 81.3 Å². The van der Waals surface area contributed by atoms with Crippen molar-refractivity contribution in [3.8, 4) is 22.9 Å². The first kappa shape index (κ1) is 25.9. The van der Waals surface area contributed by atoms with Gasteiger partial charge in [0, 0.05) is 16.8 Å². The molecule has 0 saturated heterocycles. The predicted octanol–water partition coefficient (Wildman–Crippen LogP) is 5.94. The lowest BCUT2D eigenvalue weighted by Gasteiger charge is -2.19. The largest absolute Gasteiger partial charge is 0.462 e. The molecule has 35 heavy (non-hydrogen) atoms. The molecule has 0 atom stereocenters. The maximum Gasteiger partial charge on any atom is 0.433 e. The number of hydrogen-bond acceptors (Lipinski definition) is 5. The van der Waals surface area contributed by atoms with E-state index in [0.29, 0.717) is 5.69 Å². The van der Waals surface area contributed by atoms with E-state index >= 15 is 0 Å². The summed E-state index contributed by atoms with van der Waals surface area (Å²) in [6, 6.07) is 2.82. The number of aromatic nitrogens is 2. The van der Waals surface area contributed by atoms with Gasteiger partial charge in [0.15, 0.2) is 22.8 Å². The number of hydrogen-bond donors (Lipinski definition) is 1. The van der Waals surface area contributed by atoms with Gasteiger partial charge in [-0.15, -0.1) is 0 Å². The third-order valence-electron chi connectivity index (χ3n) is 5.38. The molecule has 1 aromatic carbocycles. The van der Waals surface area contributed by atoms with Gasteiger partial charge in [0.05, 0.1) is 17.9 Å². The quantitative estimate of drug-likeness (QED) is 0.350. The number of aromatic amines is 1. The van der Waals surface area contributed by atoms with Crippen LogP contribution < -0.4 is 10.2 Å². The maximum absolute atomic E-state index is 14.1. The Morgan fingerprint density at radius 1 is 1.09 bits per heavy atom. The zero-order chi connectivity index (χ0) is 26.2. The summed E-state index contributed by atoms with van der Waals surface area (Å²) in [7, 11) is 0. The van der Waals surface area contributed by atoms with Gasteiger partial charge in [-0.05, 0) is 58.4 Å². The second-order valence-electron chi connectivity index (χ2n) is 7.77. The van der Waals surface area contributed by atoms with E-state index < -0.39 is 46.3 Å². The van der Waals surface area contributed by atoms with Gasteiger partial charge in [-0.3, -0.25) is 4.79 Å². The smallest absolute Gasteiger partial charge is 0.433 e. The van der Waals surface area contributed by atoms with Crippen molar-refractivity contribution in [2.75, 3.05) is 6.61 Å². The minimum absolute atomic E-state index is 0.0632. The SMILES string of the molecule is CCOC(=O)c1c(-c2cc(C)c(C(F)(F)F)nc2Oc2ccc(F)c(F)c2C)[nH]c(C)c(C)c1=O. The number of esters is 1. The summed E-state index contributed by atoms with van der Waals surface area (Å²) in [6.45, 7) is 6.80. The first-order valence-corrected chi connectivity index (χ1v) is 10.4. The molecule has 0 saturated carbocycles. The Labute approximate surface area is 196 Å². The molecule has 0 spiro atoms. The minimum atomic E-state index is -4.87. The molecular formula is C24H21F5N2O4. The highest BCUT2D eigenvalue weighted by Crippen LogP contribution is 2.39. The number of carbonyl (C=O) groups excluding carboxylic acids is 1. The number of H-pyrrole nitrogens is 1. The number of nitrogens with zero attached hydrogens (tertiary/aromatic N) is 1. The van der Waals surface area contributed by atoms with Gasteiger partial charge in [0.25, 0.3) is 0 Å². The molecule has 0 fully saturated rings. The molecular weight excluding hydrogens is 475 g/mol. The van der Waals surface area contributed by atoms with Crippen molar-refractivity contribution in [3.05, 3.63) is 73.7 Å². The van der Waals surface area contributed by atoms with E-state index in [1.807, 2.05) is 0 Å². The van der Waals surface area contributed by atoms with E-state index in [1.165, 1.54) is 20.8 Å². The Morgan fingerprint density at radius 3 is 2.34 bits per heavy atom. The zero-order valence-electron chi connectivity index (χ0n) is 19.4. The van der Waals surface area contributed by atoms with Crippen LogP contribution in [0.25, 0.3) is 11.3 Å². The van der Waals surface area contributed by atoms with Crippen LogP contribution >= 0.6 is 0 Å². The predicted molar refractivity (Wildman–Crippen MR) is 117 cm³/mol. The molecule has 2 heterocycles. The number of nitrogens with one attached hydrogen (secondary N) is 1. The van der Waals surface area contributed by atoms with E-state index in [4.69, 9.17) is 9.47 Å². The van der Waals surface area contributed by atoms with Gasteiger partial charge in [0.2, 0.25) is 5.88 Å². The summed E-state index contributed by atoms with van der Waals surface area (Å²) in [6.07, 6.45) is -4.87. The van der Waals surface area contributed by atoms with Crippen molar-refractivity contribution in [1.29, 1.82) is 0 Å². The Kier molecular flexibility index (Phi) is 7.00. The lowest BCUT2D eigenvalue weighted by atomic mass is 10.0. The number of carbonyl (C=O) groups is 1. The van der Waals surface area contributed by atoms with E-state index in [9.17, 15) is 31.5 Å². The van der Waals surface area contributed by atoms with Crippen LogP contribution in [0.2, 0.25) is 0 Å². The minimum Gasteiger partial charge on any atom is -0.462 e. The van der Waals surface area contributed by atoms with Crippen molar-refractivity contribution in [1.82, 2.24) is 9.97 Å². The van der Waals surface area contributed by atoms with E-state index in [0.717, 1.165) is 25.1 Å². The number of pyridine rings is 2. The van der Waals surface area contributed by atoms with Gasteiger partial charge in [0.1, 0.15) is 11.3 Å². The van der Waals surface area contributed by atoms with Crippen molar-refractivity contribution in [2.45, 2.75) is 40.8 Å². The van der Waals surface area contributed by atoms with Gasteiger partial charge in [-0.1, -0.05) is 0 Å². The summed E-state index contributed by atoms with van der Waals surface area (Å²) < 4.78 is 79.1. The summed E-state index contributed by atoms with van der Waals surface area (Å²) in [5.74, 6) is -4.41. The van der Waals surface area contributed by atoms with Gasteiger partial charge in [-0.25, -0.2) is 18.6 Å². The molecule has 1 N–H and O–H groups in total. The number of rotatable bonds is 5. The molecule has 0 aliphatic carbocycles.